The van der Waals surface area contributed by atoms with Gasteiger partial charge in [0.05, 0.1) is 12.2 Å². The van der Waals surface area contributed by atoms with Crippen molar-refractivity contribution in [2.24, 2.45) is 0 Å². The number of benzene rings is 1. The van der Waals surface area contributed by atoms with Gasteiger partial charge in [-0.25, -0.2) is 4.98 Å². The summed E-state index contributed by atoms with van der Waals surface area (Å²) in [5.41, 5.74) is 1.75. The van der Waals surface area contributed by atoms with E-state index >= 15 is 0 Å². The van der Waals surface area contributed by atoms with E-state index in [2.05, 4.69) is 10.3 Å². The number of halogens is 1. The standard InChI is InChI=1S/C15H15ClN2O2/c1-10-11(2)20-15(18-10)9-17-14(19)8-5-12-3-6-13(16)7-4-12/h3-8H,9H2,1-2H3,(H,17,19)/b8-5+. The molecule has 1 heterocycles. The first-order valence-electron chi connectivity index (χ1n) is 6.19. The smallest absolute Gasteiger partial charge is 0.244 e. The number of nitrogens with zero attached hydrogens (tertiary/aromatic N) is 1. The molecule has 0 radical (unpaired) electrons. The predicted molar refractivity (Wildman–Crippen MR) is 78.3 cm³/mol. The molecule has 0 saturated carbocycles. The molecule has 0 fully saturated rings. The predicted octanol–water partition coefficient (Wildman–Crippen LogP) is 3.27. The van der Waals surface area contributed by atoms with Crippen LogP contribution in [0.1, 0.15) is 22.9 Å². The summed E-state index contributed by atoms with van der Waals surface area (Å²) in [7, 11) is 0. The van der Waals surface area contributed by atoms with Crippen LogP contribution in [0.15, 0.2) is 34.8 Å². The number of aromatic nitrogens is 1. The molecular formula is C15H15ClN2O2. The van der Waals surface area contributed by atoms with Gasteiger partial charge in [-0.1, -0.05) is 23.7 Å². The average molecular weight is 291 g/mol. The van der Waals surface area contributed by atoms with Crippen molar-refractivity contribution in [1.29, 1.82) is 0 Å². The van der Waals surface area contributed by atoms with Gasteiger partial charge in [0, 0.05) is 11.1 Å². The Balaban J connectivity index is 1.87. The number of nitrogens with one attached hydrogen (secondary N) is 1. The Morgan fingerprint density at radius 1 is 1.35 bits per heavy atom. The molecule has 2 aromatic rings. The molecule has 2 rings (SSSR count). The van der Waals surface area contributed by atoms with Gasteiger partial charge < -0.3 is 9.73 Å². The van der Waals surface area contributed by atoms with Crippen molar-refractivity contribution in [3.8, 4) is 0 Å². The van der Waals surface area contributed by atoms with Crippen molar-refractivity contribution >= 4 is 23.6 Å². The second-order valence-corrected chi connectivity index (χ2v) is 4.79. The summed E-state index contributed by atoms with van der Waals surface area (Å²) in [6, 6.07) is 7.23. The number of hydrogen-bond donors (Lipinski definition) is 1. The van der Waals surface area contributed by atoms with E-state index in [1.807, 2.05) is 26.0 Å². The van der Waals surface area contributed by atoms with Crippen molar-refractivity contribution in [1.82, 2.24) is 10.3 Å². The fraction of sp³-hybridized carbons (Fsp3) is 0.200. The summed E-state index contributed by atoms with van der Waals surface area (Å²) in [5.74, 6) is 1.08. The number of carbonyl (C=O) groups is 1. The lowest BCUT2D eigenvalue weighted by atomic mass is 10.2. The highest BCUT2D eigenvalue weighted by Gasteiger charge is 2.05. The number of oxazole rings is 1. The van der Waals surface area contributed by atoms with Crippen molar-refractivity contribution in [3.05, 3.63) is 58.3 Å². The van der Waals surface area contributed by atoms with Crippen molar-refractivity contribution in [2.45, 2.75) is 20.4 Å². The molecule has 20 heavy (non-hydrogen) atoms. The highest BCUT2D eigenvalue weighted by Crippen LogP contribution is 2.10. The quantitative estimate of drug-likeness (QED) is 0.879. The zero-order chi connectivity index (χ0) is 14.5. The van der Waals surface area contributed by atoms with Gasteiger partial charge in [0.15, 0.2) is 0 Å². The summed E-state index contributed by atoms with van der Waals surface area (Å²) < 4.78 is 5.38. The van der Waals surface area contributed by atoms with Crippen molar-refractivity contribution < 1.29 is 9.21 Å². The lowest BCUT2D eigenvalue weighted by Gasteiger charge is -1.98. The maximum absolute atomic E-state index is 11.7. The van der Waals surface area contributed by atoms with Crippen LogP contribution in [0.5, 0.6) is 0 Å². The molecule has 1 amide bonds. The van der Waals surface area contributed by atoms with Crippen LogP contribution in [0.2, 0.25) is 5.02 Å². The van der Waals surface area contributed by atoms with E-state index in [0.717, 1.165) is 17.0 Å². The van der Waals surface area contributed by atoms with Crippen LogP contribution in [0.3, 0.4) is 0 Å². The fourth-order valence-electron chi connectivity index (χ4n) is 1.58. The molecule has 0 unspecified atom stereocenters. The second-order valence-electron chi connectivity index (χ2n) is 4.35. The van der Waals surface area contributed by atoms with Crippen LogP contribution in [-0.2, 0) is 11.3 Å². The monoisotopic (exact) mass is 290 g/mol. The number of rotatable bonds is 4. The molecule has 0 bridgehead atoms. The Morgan fingerprint density at radius 2 is 2.05 bits per heavy atom. The summed E-state index contributed by atoms with van der Waals surface area (Å²) in [4.78, 5) is 15.8. The highest BCUT2D eigenvalue weighted by molar-refractivity contribution is 6.30. The van der Waals surface area contributed by atoms with Gasteiger partial charge in [-0.2, -0.15) is 0 Å². The van der Waals surface area contributed by atoms with Crippen LogP contribution in [0.4, 0.5) is 0 Å². The molecule has 0 saturated heterocycles. The van der Waals surface area contributed by atoms with Gasteiger partial charge in [-0.3, -0.25) is 4.79 Å². The lowest BCUT2D eigenvalue weighted by Crippen LogP contribution is -2.20. The minimum absolute atomic E-state index is 0.201. The SMILES string of the molecule is Cc1nc(CNC(=O)/C=C/c2ccc(Cl)cc2)oc1C. The average Bonchev–Trinajstić information content (AvgIpc) is 2.75. The van der Waals surface area contributed by atoms with Crippen molar-refractivity contribution in [3.63, 3.8) is 0 Å². The maximum atomic E-state index is 11.7. The molecular weight excluding hydrogens is 276 g/mol. The van der Waals surface area contributed by atoms with Gasteiger partial charge in [-0.15, -0.1) is 0 Å². The summed E-state index contributed by atoms with van der Waals surface area (Å²) in [6.07, 6.45) is 3.18. The number of hydrogen-bond acceptors (Lipinski definition) is 3. The molecule has 1 aromatic carbocycles. The van der Waals surface area contributed by atoms with E-state index in [0.29, 0.717) is 10.9 Å². The Kier molecular flexibility index (Phi) is 4.58. The molecule has 1 aromatic heterocycles. The first kappa shape index (κ1) is 14.3. The molecule has 0 aliphatic rings. The normalized spacial score (nSPS) is 10.9. The third-order valence-corrected chi connectivity index (χ3v) is 3.04. The van der Waals surface area contributed by atoms with Crippen molar-refractivity contribution in [2.75, 3.05) is 0 Å². The van der Waals surface area contributed by atoms with E-state index in [4.69, 9.17) is 16.0 Å². The van der Waals surface area contributed by atoms with Crippen LogP contribution in [-0.4, -0.2) is 10.9 Å². The van der Waals surface area contributed by atoms with E-state index in [1.165, 1.54) is 6.08 Å². The van der Waals surface area contributed by atoms with Gasteiger partial charge in [0.2, 0.25) is 11.8 Å². The fourth-order valence-corrected chi connectivity index (χ4v) is 1.71. The maximum Gasteiger partial charge on any atom is 0.244 e. The van der Waals surface area contributed by atoms with Gasteiger partial charge in [0.25, 0.3) is 0 Å². The van der Waals surface area contributed by atoms with Crippen LogP contribution in [0.25, 0.3) is 6.08 Å². The third-order valence-electron chi connectivity index (χ3n) is 2.78. The minimum Gasteiger partial charge on any atom is -0.444 e. The molecule has 4 nitrogen and oxygen atoms in total. The molecule has 0 aliphatic heterocycles. The molecule has 1 N–H and O–H groups in total. The first-order valence-corrected chi connectivity index (χ1v) is 6.57. The number of amides is 1. The largest absolute Gasteiger partial charge is 0.444 e. The molecule has 0 atom stereocenters. The van der Waals surface area contributed by atoms with Crippen LogP contribution >= 0.6 is 11.6 Å². The Bertz CT molecular complexity index is 610. The number of carbonyl (C=O) groups excluding carboxylic acids is 1. The summed E-state index contributed by atoms with van der Waals surface area (Å²) in [6.45, 7) is 3.98. The zero-order valence-corrected chi connectivity index (χ0v) is 12.1. The summed E-state index contributed by atoms with van der Waals surface area (Å²) in [5, 5.41) is 3.38. The van der Waals surface area contributed by atoms with E-state index < -0.39 is 0 Å². The molecule has 5 heteroatoms. The first-order chi connectivity index (χ1) is 9.54. The second kappa shape index (κ2) is 6.39. The Morgan fingerprint density at radius 3 is 2.65 bits per heavy atom. The molecule has 0 aliphatic carbocycles. The molecule has 0 spiro atoms. The van der Waals surface area contributed by atoms with E-state index in [1.54, 1.807) is 18.2 Å². The van der Waals surface area contributed by atoms with E-state index in [-0.39, 0.29) is 12.5 Å². The highest BCUT2D eigenvalue weighted by atomic mass is 35.5. The van der Waals surface area contributed by atoms with Gasteiger partial charge in [0.1, 0.15) is 5.76 Å². The topological polar surface area (TPSA) is 55.1 Å². The van der Waals surface area contributed by atoms with Gasteiger partial charge in [-0.05, 0) is 37.6 Å². The lowest BCUT2D eigenvalue weighted by molar-refractivity contribution is -0.116. The van der Waals surface area contributed by atoms with Gasteiger partial charge >= 0.3 is 0 Å². The summed E-state index contributed by atoms with van der Waals surface area (Å²) >= 11 is 5.79. The number of aryl methyl sites for hydroxylation is 2. The minimum atomic E-state index is -0.201. The zero-order valence-electron chi connectivity index (χ0n) is 11.3. The Labute approximate surface area is 122 Å². The molecule has 104 valence electrons. The third kappa shape index (κ3) is 3.96. The Hall–Kier alpha value is -2.07. The van der Waals surface area contributed by atoms with E-state index in [9.17, 15) is 4.79 Å². The van der Waals surface area contributed by atoms with Crippen LogP contribution < -0.4 is 5.32 Å². The van der Waals surface area contributed by atoms with Crippen LogP contribution in [0, 0.1) is 13.8 Å².